The molecule has 0 N–H and O–H groups in total. The summed E-state index contributed by atoms with van der Waals surface area (Å²) in [6.45, 7) is 5.15. The lowest BCUT2D eigenvalue weighted by molar-refractivity contribution is 0.00481. The topological polar surface area (TPSA) is 45.9 Å². The van der Waals surface area contributed by atoms with E-state index in [0.29, 0.717) is 23.4 Å². The monoisotopic (exact) mass is 338 g/mol. The average Bonchev–Trinajstić information content (AvgIpc) is 3.38. The van der Waals surface area contributed by atoms with Crippen LogP contribution in [0.2, 0.25) is 0 Å². The molecule has 0 radical (unpaired) electrons. The van der Waals surface area contributed by atoms with Crippen LogP contribution in [0.4, 0.5) is 0 Å². The molecule has 0 saturated carbocycles. The zero-order valence-electron chi connectivity index (χ0n) is 14.1. The number of hydrogen-bond acceptors (Lipinski definition) is 4. The van der Waals surface area contributed by atoms with Crippen LogP contribution < -0.4 is 0 Å². The number of nitrogens with zero attached hydrogens (tertiary/aromatic N) is 2. The number of carbonyl (C=O) groups is 1. The molecule has 25 heavy (non-hydrogen) atoms. The number of fused-ring (bicyclic) bond motifs is 3. The minimum Gasteiger partial charge on any atom is -0.472 e. The van der Waals surface area contributed by atoms with Crippen LogP contribution >= 0.6 is 0 Å². The zero-order valence-corrected chi connectivity index (χ0v) is 14.1. The van der Waals surface area contributed by atoms with Crippen molar-refractivity contribution in [2.45, 2.75) is 12.0 Å². The SMILES string of the molecule is O=C(c1ccoc1)N1C[C@H]2[C@@H](C1)c1ccccc1[C@@H]2N1CCOCC1. The molecule has 5 heteroatoms. The van der Waals surface area contributed by atoms with Gasteiger partial charge in [-0.15, -0.1) is 0 Å². The molecule has 2 saturated heterocycles. The van der Waals surface area contributed by atoms with E-state index in [1.165, 1.54) is 11.1 Å². The molecule has 3 heterocycles. The zero-order chi connectivity index (χ0) is 16.8. The van der Waals surface area contributed by atoms with E-state index >= 15 is 0 Å². The highest BCUT2D eigenvalue weighted by atomic mass is 16.5. The van der Waals surface area contributed by atoms with Gasteiger partial charge in [0, 0.05) is 44.1 Å². The summed E-state index contributed by atoms with van der Waals surface area (Å²) in [7, 11) is 0. The lowest BCUT2D eigenvalue weighted by atomic mass is 9.93. The number of rotatable bonds is 2. The van der Waals surface area contributed by atoms with Gasteiger partial charge in [-0.2, -0.15) is 0 Å². The highest BCUT2D eigenvalue weighted by Crippen LogP contribution is 2.51. The lowest BCUT2D eigenvalue weighted by Gasteiger charge is -2.36. The Bertz CT molecular complexity index is 767. The quantitative estimate of drug-likeness (QED) is 0.844. The highest BCUT2D eigenvalue weighted by Gasteiger charge is 2.49. The molecule has 130 valence electrons. The summed E-state index contributed by atoms with van der Waals surface area (Å²) in [5.74, 6) is 0.979. The molecule has 0 unspecified atom stereocenters. The Labute approximate surface area is 147 Å². The van der Waals surface area contributed by atoms with Gasteiger partial charge in [-0.1, -0.05) is 24.3 Å². The van der Waals surface area contributed by atoms with Gasteiger partial charge in [0.2, 0.25) is 0 Å². The number of morpholine rings is 1. The summed E-state index contributed by atoms with van der Waals surface area (Å²) in [4.78, 5) is 17.3. The van der Waals surface area contributed by atoms with Crippen LogP contribution in [-0.2, 0) is 4.74 Å². The number of benzene rings is 1. The van der Waals surface area contributed by atoms with Crippen LogP contribution in [0, 0.1) is 5.92 Å². The molecule has 1 aromatic carbocycles. The van der Waals surface area contributed by atoms with Gasteiger partial charge in [0.1, 0.15) is 6.26 Å². The van der Waals surface area contributed by atoms with Crippen molar-refractivity contribution < 1.29 is 13.9 Å². The molecule has 2 fully saturated rings. The maximum atomic E-state index is 12.8. The first-order chi connectivity index (χ1) is 12.3. The second-order valence-electron chi connectivity index (χ2n) is 7.21. The van der Waals surface area contributed by atoms with Gasteiger partial charge in [0.05, 0.1) is 25.0 Å². The molecule has 0 spiro atoms. The lowest BCUT2D eigenvalue weighted by Crippen LogP contribution is -2.42. The molecule has 2 aliphatic heterocycles. The third-order valence-corrected chi connectivity index (χ3v) is 5.98. The third-order valence-electron chi connectivity index (χ3n) is 5.98. The molecule has 0 bridgehead atoms. The maximum Gasteiger partial charge on any atom is 0.257 e. The normalized spacial score (nSPS) is 28.8. The summed E-state index contributed by atoms with van der Waals surface area (Å²) in [5, 5.41) is 0. The summed E-state index contributed by atoms with van der Waals surface area (Å²) < 4.78 is 10.6. The molecule has 1 amide bonds. The van der Waals surface area contributed by atoms with E-state index in [1.54, 1.807) is 18.6 Å². The van der Waals surface area contributed by atoms with E-state index in [2.05, 4.69) is 29.2 Å². The molecule has 3 atom stereocenters. The smallest absolute Gasteiger partial charge is 0.257 e. The Hall–Kier alpha value is -2.11. The number of likely N-dealkylation sites (tertiary alicyclic amines) is 1. The number of ether oxygens (including phenoxy) is 1. The number of hydrogen-bond donors (Lipinski definition) is 0. The van der Waals surface area contributed by atoms with Crippen molar-refractivity contribution in [2.24, 2.45) is 5.92 Å². The Balaban J connectivity index is 1.46. The Kier molecular flexibility index (Phi) is 3.64. The number of furan rings is 1. The molecular formula is C20H22N2O3. The van der Waals surface area contributed by atoms with Crippen LogP contribution in [-0.4, -0.2) is 55.1 Å². The second kappa shape index (κ2) is 6.00. The van der Waals surface area contributed by atoms with E-state index in [0.717, 1.165) is 39.4 Å². The van der Waals surface area contributed by atoms with Gasteiger partial charge in [-0.25, -0.2) is 0 Å². The van der Waals surface area contributed by atoms with Crippen molar-refractivity contribution in [1.29, 1.82) is 0 Å². The third kappa shape index (κ3) is 2.41. The van der Waals surface area contributed by atoms with Crippen LogP contribution in [0.1, 0.15) is 33.4 Å². The summed E-state index contributed by atoms with van der Waals surface area (Å²) >= 11 is 0. The highest BCUT2D eigenvalue weighted by molar-refractivity contribution is 5.94. The van der Waals surface area contributed by atoms with Gasteiger partial charge in [0.25, 0.3) is 5.91 Å². The van der Waals surface area contributed by atoms with E-state index in [-0.39, 0.29) is 5.91 Å². The minimum atomic E-state index is 0.0846. The van der Waals surface area contributed by atoms with Crippen molar-refractivity contribution in [3.8, 4) is 0 Å². The van der Waals surface area contributed by atoms with Crippen LogP contribution in [0.3, 0.4) is 0 Å². The summed E-state index contributed by atoms with van der Waals surface area (Å²) in [6, 6.07) is 10.9. The fourth-order valence-corrected chi connectivity index (χ4v) is 4.88. The molecule has 1 aromatic heterocycles. The van der Waals surface area contributed by atoms with Gasteiger partial charge < -0.3 is 14.1 Å². The van der Waals surface area contributed by atoms with Crippen molar-refractivity contribution >= 4 is 5.91 Å². The van der Waals surface area contributed by atoms with Gasteiger partial charge in [-0.05, 0) is 17.2 Å². The summed E-state index contributed by atoms with van der Waals surface area (Å²) in [5.41, 5.74) is 3.53. The molecule has 5 nitrogen and oxygen atoms in total. The Morgan fingerprint density at radius 3 is 2.60 bits per heavy atom. The minimum absolute atomic E-state index is 0.0846. The fraction of sp³-hybridized carbons (Fsp3) is 0.450. The van der Waals surface area contributed by atoms with E-state index in [9.17, 15) is 4.79 Å². The second-order valence-corrected chi connectivity index (χ2v) is 7.21. The fourth-order valence-electron chi connectivity index (χ4n) is 4.88. The molecule has 5 rings (SSSR count). The van der Waals surface area contributed by atoms with Gasteiger partial charge in [0.15, 0.2) is 0 Å². The van der Waals surface area contributed by atoms with Crippen LogP contribution in [0.15, 0.2) is 47.3 Å². The molecule has 1 aliphatic carbocycles. The van der Waals surface area contributed by atoms with Crippen molar-refractivity contribution in [3.63, 3.8) is 0 Å². The van der Waals surface area contributed by atoms with E-state index in [1.807, 2.05) is 4.90 Å². The van der Waals surface area contributed by atoms with Crippen LogP contribution in [0.5, 0.6) is 0 Å². The van der Waals surface area contributed by atoms with Crippen LogP contribution in [0.25, 0.3) is 0 Å². The number of carbonyl (C=O) groups excluding carboxylic acids is 1. The standard InChI is InChI=1S/C20H22N2O3/c23-20(14-5-8-25-13-14)22-11-17-15-3-1-2-4-16(15)19(18(17)12-22)21-6-9-24-10-7-21/h1-5,8,13,17-19H,6-7,9-12H2/t17-,18-,19-/m0/s1. The number of amides is 1. The van der Waals surface area contributed by atoms with E-state index in [4.69, 9.17) is 9.15 Å². The predicted octanol–water partition coefficient (Wildman–Crippen LogP) is 2.52. The van der Waals surface area contributed by atoms with Crippen molar-refractivity contribution in [2.75, 3.05) is 39.4 Å². The first kappa shape index (κ1) is 15.2. The van der Waals surface area contributed by atoms with Crippen molar-refractivity contribution in [3.05, 3.63) is 59.5 Å². The van der Waals surface area contributed by atoms with E-state index < -0.39 is 0 Å². The largest absolute Gasteiger partial charge is 0.472 e. The first-order valence-electron chi connectivity index (χ1n) is 9.05. The Morgan fingerprint density at radius 2 is 1.84 bits per heavy atom. The predicted molar refractivity (Wildman–Crippen MR) is 92.4 cm³/mol. The summed E-state index contributed by atoms with van der Waals surface area (Å²) in [6.07, 6.45) is 3.11. The molecule has 3 aliphatic rings. The molecular weight excluding hydrogens is 316 g/mol. The van der Waals surface area contributed by atoms with Gasteiger partial charge >= 0.3 is 0 Å². The van der Waals surface area contributed by atoms with Gasteiger partial charge in [-0.3, -0.25) is 9.69 Å². The molecule has 2 aromatic rings. The average molecular weight is 338 g/mol. The Morgan fingerprint density at radius 1 is 1.04 bits per heavy atom. The maximum absolute atomic E-state index is 12.8. The van der Waals surface area contributed by atoms with Crippen molar-refractivity contribution in [1.82, 2.24) is 9.80 Å². The first-order valence-corrected chi connectivity index (χ1v) is 9.05.